The Morgan fingerprint density at radius 1 is 1.16 bits per heavy atom. The first kappa shape index (κ1) is 15.8. The number of rotatable bonds is 3. The Hall–Kier alpha value is -1.24. The topological polar surface area (TPSA) is 35.2 Å². The molecule has 0 aliphatic rings. The maximum Gasteiger partial charge on any atom is 0.573 e. The van der Waals surface area contributed by atoms with E-state index in [1.165, 1.54) is 29.5 Å². The molecule has 0 radical (unpaired) electrons. The highest BCUT2D eigenvalue weighted by Crippen LogP contribution is 2.27. The molecule has 1 atom stereocenters. The summed E-state index contributed by atoms with van der Waals surface area (Å²) in [5.74, 6) is -0.259. The van der Waals surface area contributed by atoms with Crippen molar-refractivity contribution in [3.8, 4) is 5.75 Å². The SMILES string of the molecule is Cl.N[C@@H](c1ccsc1)c1cccc(OC(F)(F)F)c1. The summed E-state index contributed by atoms with van der Waals surface area (Å²) in [5.41, 5.74) is 7.41. The normalized spacial score (nSPS) is 12.6. The van der Waals surface area contributed by atoms with Crippen molar-refractivity contribution in [2.24, 2.45) is 5.73 Å². The molecule has 1 aromatic heterocycles. The van der Waals surface area contributed by atoms with Crippen LogP contribution < -0.4 is 10.5 Å². The van der Waals surface area contributed by atoms with E-state index in [1.54, 1.807) is 6.07 Å². The summed E-state index contributed by atoms with van der Waals surface area (Å²) in [6.07, 6.45) is -4.69. The van der Waals surface area contributed by atoms with E-state index in [0.29, 0.717) is 5.56 Å². The molecular formula is C12H11ClF3NOS. The Bertz CT molecular complexity index is 516. The quantitative estimate of drug-likeness (QED) is 0.925. The van der Waals surface area contributed by atoms with Gasteiger partial charge < -0.3 is 10.5 Å². The fourth-order valence-electron chi connectivity index (χ4n) is 1.55. The number of hydrogen-bond donors (Lipinski definition) is 1. The molecule has 0 saturated heterocycles. The molecule has 1 aromatic carbocycles. The van der Waals surface area contributed by atoms with E-state index in [9.17, 15) is 13.2 Å². The van der Waals surface area contributed by atoms with Gasteiger partial charge in [0, 0.05) is 0 Å². The Labute approximate surface area is 118 Å². The first-order valence-electron chi connectivity index (χ1n) is 5.09. The molecule has 2 rings (SSSR count). The molecule has 19 heavy (non-hydrogen) atoms. The lowest BCUT2D eigenvalue weighted by molar-refractivity contribution is -0.274. The summed E-state index contributed by atoms with van der Waals surface area (Å²) in [7, 11) is 0. The lowest BCUT2D eigenvalue weighted by atomic mass is 10.0. The van der Waals surface area contributed by atoms with Gasteiger partial charge in [-0.1, -0.05) is 12.1 Å². The van der Waals surface area contributed by atoms with Gasteiger partial charge in [0.2, 0.25) is 0 Å². The lowest BCUT2D eigenvalue weighted by Crippen LogP contribution is -2.17. The number of halogens is 4. The third-order valence-corrected chi connectivity index (χ3v) is 3.05. The number of benzene rings is 1. The Kier molecular flexibility index (Phi) is 5.22. The molecule has 0 amide bonds. The monoisotopic (exact) mass is 309 g/mol. The van der Waals surface area contributed by atoms with Crippen LogP contribution >= 0.6 is 23.7 Å². The molecule has 2 aromatic rings. The minimum atomic E-state index is -4.69. The average Bonchev–Trinajstić information content (AvgIpc) is 2.79. The van der Waals surface area contributed by atoms with Gasteiger partial charge >= 0.3 is 6.36 Å². The highest BCUT2D eigenvalue weighted by atomic mass is 35.5. The summed E-state index contributed by atoms with van der Waals surface area (Å²) in [6.45, 7) is 0. The standard InChI is InChI=1S/C12H10F3NOS.ClH/c13-12(14,15)17-10-3-1-2-8(6-10)11(16)9-4-5-18-7-9;/h1-7,11H,16H2;1H/t11-;/m1./s1. The minimum absolute atomic E-state index is 0. The van der Waals surface area contributed by atoms with Crippen molar-refractivity contribution in [1.29, 1.82) is 0 Å². The lowest BCUT2D eigenvalue weighted by Gasteiger charge is -2.13. The molecule has 2 N–H and O–H groups in total. The fourth-order valence-corrected chi connectivity index (χ4v) is 2.25. The second-order valence-electron chi connectivity index (χ2n) is 3.65. The summed E-state index contributed by atoms with van der Waals surface area (Å²) in [5, 5.41) is 3.73. The average molecular weight is 310 g/mol. The molecule has 0 fully saturated rings. The molecule has 0 aliphatic carbocycles. The van der Waals surface area contributed by atoms with E-state index in [1.807, 2.05) is 16.8 Å². The van der Waals surface area contributed by atoms with Gasteiger partial charge in [0.05, 0.1) is 6.04 Å². The molecule has 0 spiro atoms. The molecule has 0 bridgehead atoms. The highest BCUT2D eigenvalue weighted by molar-refractivity contribution is 7.08. The van der Waals surface area contributed by atoms with Crippen molar-refractivity contribution < 1.29 is 17.9 Å². The van der Waals surface area contributed by atoms with Crippen LogP contribution in [-0.4, -0.2) is 6.36 Å². The van der Waals surface area contributed by atoms with E-state index in [2.05, 4.69) is 4.74 Å². The third-order valence-electron chi connectivity index (χ3n) is 2.35. The smallest absolute Gasteiger partial charge is 0.406 e. The zero-order valence-corrected chi connectivity index (χ0v) is 11.2. The number of hydrogen-bond acceptors (Lipinski definition) is 3. The van der Waals surface area contributed by atoms with Crippen molar-refractivity contribution in [2.75, 3.05) is 0 Å². The van der Waals surface area contributed by atoms with Crippen LogP contribution in [-0.2, 0) is 0 Å². The second-order valence-corrected chi connectivity index (χ2v) is 4.43. The predicted molar refractivity (Wildman–Crippen MR) is 70.7 cm³/mol. The summed E-state index contributed by atoms with van der Waals surface area (Å²) in [4.78, 5) is 0. The Morgan fingerprint density at radius 2 is 1.89 bits per heavy atom. The molecule has 0 unspecified atom stereocenters. The molecule has 104 valence electrons. The predicted octanol–water partition coefficient (Wildman–Crippen LogP) is 4.12. The zero-order chi connectivity index (χ0) is 13.2. The first-order chi connectivity index (χ1) is 8.46. The molecule has 0 aliphatic heterocycles. The Morgan fingerprint density at radius 3 is 2.47 bits per heavy atom. The zero-order valence-electron chi connectivity index (χ0n) is 9.55. The van der Waals surface area contributed by atoms with Crippen LogP contribution in [0, 0.1) is 0 Å². The molecule has 7 heteroatoms. The van der Waals surface area contributed by atoms with Crippen molar-refractivity contribution >= 4 is 23.7 Å². The van der Waals surface area contributed by atoms with E-state index in [-0.39, 0.29) is 18.2 Å². The number of nitrogens with two attached hydrogens (primary N) is 1. The molecule has 1 heterocycles. The molecule has 0 saturated carbocycles. The van der Waals surface area contributed by atoms with Crippen LogP contribution in [0.3, 0.4) is 0 Å². The molecular weight excluding hydrogens is 299 g/mol. The summed E-state index contributed by atoms with van der Waals surface area (Å²) < 4.78 is 40.1. The fraction of sp³-hybridized carbons (Fsp3) is 0.167. The van der Waals surface area contributed by atoms with Gasteiger partial charge in [-0.15, -0.1) is 25.6 Å². The number of alkyl halides is 3. The van der Waals surface area contributed by atoms with Crippen LogP contribution in [0.5, 0.6) is 5.75 Å². The van der Waals surface area contributed by atoms with Crippen molar-refractivity contribution in [3.05, 3.63) is 52.2 Å². The maximum atomic E-state index is 12.1. The number of ether oxygens (including phenoxy) is 1. The second kappa shape index (κ2) is 6.27. The molecule has 2 nitrogen and oxygen atoms in total. The van der Waals surface area contributed by atoms with Gasteiger partial charge in [-0.3, -0.25) is 0 Å². The minimum Gasteiger partial charge on any atom is -0.406 e. The van der Waals surface area contributed by atoms with E-state index < -0.39 is 12.4 Å². The number of thiophene rings is 1. The van der Waals surface area contributed by atoms with Gasteiger partial charge in [-0.05, 0) is 40.1 Å². The van der Waals surface area contributed by atoms with Crippen LogP contribution in [0.15, 0.2) is 41.1 Å². The van der Waals surface area contributed by atoms with Crippen LogP contribution in [0.25, 0.3) is 0 Å². The van der Waals surface area contributed by atoms with Gasteiger partial charge in [0.15, 0.2) is 0 Å². The van der Waals surface area contributed by atoms with Gasteiger partial charge in [0.1, 0.15) is 5.75 Å². The van der Waals surface area contributed by atoms with Crippen molar-refractivity contribution in [3.63, 3.8) is 0 Å². The van der Waals surface area contributed by atoms with E-state index >= 15 is 0 Å². The van der Waals surface area contributed by atoms with Crippen molar-refractivity contribution in [2.45, 2.75) is 12.4 Å². The van der Waals surface area contributed by atoms with Crippen molar-refractivity contribution in [1.82, 2.24) is 0 Å². The van der Waals surface area contributed by atoms with Crippen LogP contribution in [0.4, 0.5) is 13.2 Å². The Balaban J connectivity index is 0.00000180. The van der Waals surface area contributed by atoms with E-state index in [0.717, 1.165) is 5.56 Å². The van der Waals surface area contributed by atoms with Crippen LogP contribution in [0.2, 0.25) is 0 Å². The largest absolute Gasteiger partial charge is 0.573 e. The first-order valence-corrected chi connectivity index (χ1v) is 6.03. The van der Waals surface area contributed by atoms with Crippen LogP contribution in [0.1, 0.15) is 17.2 Å². The summed E-state index contributed by atoms with van der Waals surface area (Å²) >= 11 is 1.49. The van der Waals surface area contributed by atoms with Gasteiger partial charge in [-0.2, -0.15) is 11.3 Å². The van der Waals surface area contributed by atoms with Gasteiger partial charge in [-0.25, -0.2) is 0 Å². The van der Waals surface area contributed by atoms with E-state index in [4.69, 9.17) is 5.73 Å². The van der Waals surface area contributed by atoms with Gasteiger partial charge in [0.25, 0.3) is 0 Å². The maximum absolute atomic E-state index is 12.1. The summed E-state index contributed by atoms with van der Waals surface area (Å²) in [6, 6.07) is 7.10. The third kappa shape index (κ3) is 4.41. The highest BCUT2D eigenvalue weighted by Gasteiger charge is 2.31.